The van der Waals surface area contributed by atoms with E-state index >= 15 is 0 Å². The zero-order valence-corrected chi connectivity index (χ0v) is 11.8. The van der Waals surface area contributed by atoms with Crippen LogP contribution in [0.2, 0.25) is 0 Å². The second kappa shape index (κ2) is 7.48. The van der Waals surface area contributed by atoms with Crippen molar-refractivity contribution < 1.29 is 14.9 Å². The van der Waals surface area contributed by atoms with Gasteiger partial charge in [-0.25, -0.2) is 0 Å². The molecule has 0 unspecified atom stereocenters. The minimum absolute atomic E-state index is 0.247. The third kappa shape index (κ3) is 5.19. The highest BCUT2D eigenvalue weighted by Crippen LogP contribution is 2.19. The third-order valence-corrected chi connectivity index (χ3v) is 3.47. The Hall–Kier alpha value is -1.10. The SMILES string of the molecule is CCC(O)(CC)COc1cccc(C[C@H](O)CN)c1. The molecule has 0 saturated heterocycles. The molecular formula is C15H25NO3. The fourth-order valence-electron chi connectivity index (χ4n) is 1.79. The lowest BCUT2D eigenvalue weighted by Gasteiger charge is -2.25. The zero-order chi connectivity index (χ0) is 14.3. The highest BCUT2D eigenvalue weighted by Gasteiger charge is 2.23. The first kappa shape index (κ1) is 16.0. The molecule has 0 radical (unpaired) electrons. The molecular weight excluding hydrogens is 242 g/mol. The lowest BCUT2D eigenvalue weighted by atomic mass is 9.99. The molecule has 0 fully saturated rings. The molecule has 1 aromatic carbocycles. The molecule has 0 aliphatic carbocycles. The fraction of sp³-hybridized carbons (Fsp3) is 0.600. The molecule has 0 amide bonds. The Morgan fingerprint density at radius 2 is 2.00 bits per heavy atom. The van der Waals surface area contributed by atoms with Crippen LogP contribution in [0.5, 0.6) is 5.75 Å². The first-order valence-electron chi connectivity index (χ1n) is 6.85. The highest BCUT2D eigenvalue weighted by molar-refractivity contribution is 5.29. The Kier molecular flexibility index (Phi) is 6.28. The van der Waals surface area contributed by atoms with Gasteiger partial charge in [0.15, 0.2) is 0 Å². The van der Waals surface area contributed by atoms with Crippen molar-refractivity contribution in [1.29, 1.82) is 0 Å². The Morgan fingerprint density at radius 1 is 1.32 bits per heavy atom. The first-order chi connectivity index (χ1) is 9.03. The highest BCUT2D eigenvalue weighted by atomic mass is 16.5. The van der Waals surface area contributed by atoms with Crippen LogP contribution in [0.15, 0.2) is 24.3 Å². The predicted octanol–water partition coefficient (Wildman–Crippen LogP) is 1.48. The number of ether oxygens (including phenoxy) is 1. The van der Waals surface area contributed by atoms with Gasteiger partial charge in [0.1, 0.15) is 12.4 Å². The van der Waals surface area contributed by atoms with E-state index in [-0.39, 0.29) is 13.2 Å². The van der Waals surface area contributed by atoms with E-state index in [1.54, 1.807) is 0 Å². The van der Waals surface area contributed by atoms with Crippen LogP contribution in [0.1, 0.15) is 32.3 Å². The molecule has 0 bridgehead atoms. The number of aliphatic hydroxyl groups is 2. The van der Waals surface area contributed by atoms with Gasteiger partial charge in [-0.2, -0.15) is 0 Å². The fourth-order valence-corrected chi connectivity index (χ4v) is 1.79. The van der Waals surface area contributed by atoms with Crippen LogP contribution < -0.4 is 10.5 Å². The van der Waals surface area contributed by atoms with Crippen molar-refractivity contribution in [2.45, 2.75) is 44.8 Å². The van der Waals surface area contributed by atoms with E-state index in [1.807, 2.05) is 38.1 Å². The van der Waals surface area contributed by atoms with Crippen LogP contribution in [0.4, 0.5) is 0 Å². The van der Waals surface area contributed by atoms with Gasteiger partial charge in [-0.1, -0.05) is 26.0 Å². The lowest BCUT2D eigenvalue weighted by molar-refractivity contribution is -0.0113. The van der Waals surface area contributed by atoms with E-state index in [0.717, 1.165) is 5.56 Å². The van der Waals surface area contributed by atoms with Crippen LogP contribution in [-0.4, -0.2) is 35.1 Å². The van der Waals surface area contributed by atoms with Gasteiger partial charge in [0.05, 0.1) is 11.7 Å². The van der Waals surface area contributed by atoms with Crippen LogP contribution in [0.3, 0.4) is 0 Å². The number of hydrogen-bond donors (Lipinski definition) is 3. The van der Waals surface area contributed by atoms with Crippen molar-refractivity contribution in [2.24, 2.45) is 5.73 Å². The van der Waals surface area contributed by atoms with Crippen molar-refractivity contribution >= 4 is 0 Å². The second-order valence-corrected chi connectivity index (χ2v) is 4.96. The molecule has 1 rings (SSSR count). The minimum Gasteiger partial charge on any atom is -0.491 e. The van der Waals surface area contributed by atoms with Crippen LogP contribution in [0, 0.1) is 0 Å². The van der Waals surface area contributed by atoms with Gasteiger partial charge in [-0.05, 0) is 37.0 Å². The molecule has 0 saturated carbocycles. The summed E-state index contributed by atoms with van der Waals surface area (Å²) in [6, 6.07) is 7.54. The second-order valence-electron chi connectivity index (χ2n) is 4.96. The molecule has 0 aliphatic heterocycles. The number of hydrogen-bond acceptors (Lipinski definition) is 4. The molecule has 0 spiro atoms. The summed E-state index contributed by atoms with van der Waals surface area (Å²) in [5.41, 5.74) is 5.60. The predicted molar refractivity (Wildman–Crippen MR) is 76.2 cm³/mol. The van der Waals surface area contributed by atoms with Crippen molar-refractivity contribution in [3.63, 3.8) is 0 Å². The molecule has 108 valence electrons. The van der Waals surface area contributed by atoms with E-state index in [4.69, 9.17) is 10.5 Å². The quantitative estimate of drug-likeness (QED) is 0.667. The zero-order valence-electron chi connectivity index (χ0n) is 11.8. The summed E-state index contributed by atoms with van der Waals surface area (Å²) in [4.78, 5) is 0. The number of benzene rings is 1. The molecule has 0 aliphatic rings. The average Bonchev–Trinajstić information content (AvgIpc) is 2.45. The Bertz CT molecular complexity index is 377. The lowest BCUT2D eigenvalue weighted by Crippen LogP contribution is -2.34. The summed E-state index contributed by atoms with van der Waals surface area (Å²) in [7, 11) is 0. The van der Waals surface area contributed by atoms with E-state index in [9.17, 15) is 10.2 Å². The molecule has 4 nitrogen and oxygen atoms in total. The Labute approximate surface area is 115 Å². The normalized spacial score (nSPS) is 13.3. The van der Waals surface area contributed by atoms with Gasteiger partial charge in [0.2, 0.25) is 0 Å². The molecule has 1 atom stereocenters. The van der Waals surface area contributed by atoms with E-state index in [0.29, 0.717) is 25.0 Å². The molecule has 0 heterocycles. The maximum atomic E-state index is 10.2. The average molecular weight is 267 g/mol. The standard InChI is InChI=1S/C15H25NO3/c1-3-15(18,4-2)11-19-14-7-5-6-12(9-14)8-13(17)10-16/h5-7,9,13,17-18H,3-4,8,10-11,16H2,1-2H3/t13-/m0/s1. The Morgan fingerprint density at radius 3 is 2.58 bits per heavy atom. The summed E-state index contributed by atoms with van der Waals surface area (Å²) in [6.45, 7) is 4.42. The van der Waals surface area contributed by atoms with Gasteiger partial charge < -0.3 is 20.7 Å². The molecule has 4 heteroatoms. The monoisotopic (exact) mass is 267 g/mol. The topological polar surface area (TPSA) is 75.7 Å². The molecule has 1 aromatic rings. The Balaban J connectivity index is 2.62. The van der Waals surface area contributed by atoms with E-state index < -0.39 is 11.7 Å². The van der Waals surface area contributed by atoms with Gasteiger partial charge in [-0.3, -0.25) is 0 Å². The summed E-state index contributed by atoms with van der Waals surface area (Å²) >= 11 is 0. The largest absolute Gasteiger partial charge is 0.491 e. The third-order valence-electron chi connectivity index (χ3n) is 3.47. The van der Waals surface area contributed by atoms with Crippen molar-refractivity contribution in [2.75, 3.05) is 13.2 Å². The van der Waals surface area contributed by atoms with Crippen LogP contribution in [-0.2, 0) is 6.42 Å². The minimum atomic E-state index is -0.771. The number of aliphatic hydroxyl groups excluding tert-OH is 1. The van der Waals surface area contributed by atoms with Gasteiger partial charge in [0.25, 0.3) is 0 Å². The smallest absolute Gasteiger partial charge is 0.119 e. The summed E-state index contributed by atoms with van der Waals surface area (Å²) < 4.78 is 5.65. The maximum absolute atomic E-state index is 10.2. The summed E-state index contributed by atoms with van der Waals surface area (Å²) in [5.74, 6) is 0.710. The van der Waals surface area contributed by atoms with Crippen molar-refractivity contribution in [3.8, 4) is 5.75 Å². The van der Waals surface area contributed by atoms with Gasteiger partial charge in [-0.15, -0.1) is 0 Å². The van der Waals surface area contributed by atoms with Crippen LogP contribution >= 0.6 is 0 Å². The molecule has 4 N–H and O–H groups in total. The maximum Gasteiger partial charge on any atom is 0.119 e. The number of rotatable bonds is 8. The molecule has 0 aromatic heterocycles. The van der Waals surface area contributed by atoms with Crippen molar-refractivity contribution in [3.05, 3.63) is 29.8 Å². The first-order valence-corrected chi connectivity index (χ1v) is 6.85. The number of nitrogens with two attached hydrogens (primary N) is 1. The summed E-state index contributed by atoms with van der Waals surface area (Å²) in [5, 5.41) is 19.7. The van der Waals surface area contributed by atoms with Gasteiger partial charge in [0, 0.05) is 6.54 Å². The van der Waals surface area contributed by atoms with Crippen molar-refractivity contribution in [1.82, 2.24) is 0 Å². The van der Waals surface area contributed by atoms with E-state index in [2.05, 4.69) is 0 Å². The van der Waals surface area contributed by atoms with Crippen LogP contribution in [0.25, 0.3) is 0 Å². The molecule has 19 heavy (non-hydrogen) atoms. The van der Waals surface area contributed by atoms with E-state index in [1.165, 1.54) is 0 Å². The summed E-state index contributed by atoms with van der Waals surface area (Å²) in [6.07, 6.45) is 1.31. The van der Waals surface area contributed by atoms with Gasteiger partial charge >= 0.3 is 0 Å².